The summed E-state index contributed by atoms with van der Waals surface area (Å²) >= 11 is 0. The van der Waals surface area contributed by atoms with Gasteiger partial charge in [0.05, 0.1) is 14.2 Å². The molecule has 0 aromatic heterocycles. The highest BCUT2D eigenvalue weighted by atomic mass is 16.5. The molecule has 1 N–H and O–H groups in total. The third-order valence-corrected chi connectivity index (χ3v) is 4.10. The van der Waals surface area contributed by atoms with Crippen molar-refractivity contribution >= 4 is 0 Å². The van der Waals surface area contributed by atoms with Crippen molar-refractivity contribution in [1.29, 1.82) is 0 Å². The number of benzene rings is 2. The molecule has 21 heavy (non-hydrogen) atoms. The maximum Gasteiger partial charge on any atom is 0.160 e. The van der Waals surface area contributed by atoms with Gasteiger partial charge in [-0.1, -0.05) is 30.3 Å². The molecule has 0 amide bonds. The van der Waals surface area contributed by atoms with E-state index in [1.165, 1.54) is 16.7 Å². The lowest BCUT2D eigenvalue weighted by Crippen LogP contribution is -2.31. The Balaban J connectivity index is 1.85. The molecule has 0 bridgehead atoms. The number of rotatable bonds is 4. The van der Waals surface area contributed by atoms with Crippen LogP contribution in [0.15, 0.2) is 42.5 Å². The number of ether oxygens (including phenoxy) is 2. The van der Waals surface area contributed by atoms with E-state index in [0.717, 1.165) is 30.9 Å². The van der Waals surface area contributed by atoms with Gasteiger partial charge in [-0.05, 0) is 48.2 Å². The van der Waals surface area contributed by atoms with Crippen molar-refractivity contribution in [3.63, 3.8) is 0 Å². The molecule has 2 aromatic carbocycles. The molecule has 1 heterocycles. The standard InChI is InChI=1S/C18H21NO2/c1-20-17-8-7-13(12-18(17)21-2)11-16-15-6-4-3-5-14(15)9-10-19-16/h3-8,12,16,19H,9-11H2,1-2H3. The first kappa shape index (κ1) is 14.0. The molecule has 0 aliphatic carbocycles. The molecule has 3 heteroatoms. The second kappa shape index (κ2) is 6.19. The van der Waals surface area contributed by atoms with Crippen molar-refractivity contribution in [3.05, 3.63) is 59.2 Å². The van der Waals surface area contributed by atoms with E-state index in [9.17, 15) is 0 Å². The third kappa shape index (κ3) is 2.88. The van der Waals surface area contributed by atoms with Gasteiger partial charge in [-0.2, -0.15) is 0 Å². The topological polar surface area (TPSA) is 30.5 Å². The summed E-state index contributed by atoms with van der Waals surface area (Å²) in [6.07, 6.45) is 2.07. The van der Waals surface area contributed by atoms with E-state index >= 15 is 0 Å². The zero-order valence-corrected chi connectivity index (χ0v) is 12.6. The molecule has 0 saturated carbocycles. The Hall–Kier alpha value is -2.00. The lowest BCUT2D eigenvalue weighted by molar-refractivity contribution is 0.354. The molecule has 1 aliphatic heterocycles. The summed E-state index contributed by atoms with van der Waals surface area (Å²) in [5, 5.41) is 3.62. The Bertz CT molecular complexity index is 624. The molecule has 1 atom stereocenters. The van der Waals surface area contributed by atoms with Crippen molar-refractivity contribution < 1.29 is 9.47 Å². The average molecular weight is 283 g/mol. The van der Waals surface area contributed by atoms with Crippen LogP contribution >= 0.6 is 0 Å². The van der Waals surface area contributed by atoms with Gasteiger partial charge in [-0.25, -0.2) is 0 Å². The van der Waals surface area contributed by atoms with Crippen LogP contribution in [0.25, 0.3) is 0 Å². The minimum absolute atomic E-state index is 0.369. The Morgan fingerprint density at radius 2 is 1.86 bits per heavy atom. The van der Waals surface area contributed by atoms with Gasteiger partial charge >= 0.3 is 0 Å². The molecule has 0 fully saturated rings. The lowest BCUT2D eigenvalue weighted by atomic mass is 9.90. The Morgan fingerprint density at radius 1 is 1.05 bits per heavy atom. The number of fused-ring (bicyclic) bond motifs is 1. The normalized spacial score (nSPS) is 17.1. The quantitative estimate of drug-likeness (QED) is 0.935. The zero-order valence-electron chi connectivity index (χ0n) is 12.6. The van der Waals surface area contributed by atoms with Gasteiger partial charge in [0.25, 0.3) is 0 Å². The van der Waals surface area contributed by atoms with E-state index in [2.05, 4.69) is 41.7 Å². The van der Waals surface area contributed by atoms with Crippen LogP contribution in [0.1, 0.15) is 22.7 Å². The van der Waals surface area contributed by atoms with Crippen molar-refractivity contribution in [2.75, 3.05) is 20.8 Å². The van der Waals surface area contributed by atoms with Gasteiger partial charge in [-0.3, -0.25) is 0 Å². The molecule has 3 nitrogen and oxygen atoms in total. The largest absolute Gasteiger partial charge is 0.493 e. The second-order valence-electron chi connectivity index (χ2n) is 5.35. The fourth-order valence-corrected chi connectivity index (χ4v) is 3.02. The molecule has 0 spiro atoms. The minimum atomic E-state index is 0.369. The summed E-state index contributed by atoms with van der Waals surface area (Å²) in [7, 11) is 3.34. The predicted molar refractivity (Wildman–Crippen MR) is 84.1 cm³/mol. The van der Waals surface area contributed by atoms with E-state index in [-0.39, 0.29) is 0 Å². The van der Waals surface area contributed by atoms with Gasteiger partial charge in [0.1, 0.15) is 0 Å². The highest BCUT2D eigenvalue weighted by Crippen LogP contribution is 2.31. The summed E-state index contributed by atoms with van der Waals surface area (Å²) < 4.78 is 10.7. The zero-order chi connectivity index (χ0) is 14.7. The van der Waals surface area contributed by atoms with Gasteiger partial charge in [-0.15, -0.1) is 0 Å². The second-order valence-corrected chi connectivity index (χ2v) is 5.35. The molecule has 1 unspecified atom stereocenters. The first-order valence-electron chi connectivity index (χ1n) is 7.34. The number of hydrogen-bond donors (Lipinski definition) is 1. The summed E-state index contributed by atoms with van der Waals surface area (Å²) in [5.41, 5.74) is 4.13. The SMILES string of the molecule is COc1ccc(CC2NCCc3ccccc32)cc1OC. The number of hydrogen-bond acceptors (Lipinski definition) is 3. The maximum absolute atomic E-state index is 5.39. The van der Waals surface area contributed by atoms with Gasteiger partial charge in [0.15, 0.2) is 11.5 Å². The van der Waals surface area contributed by atoms with Gasteiger partial charge < -0.3 is 14.8 Å². The minimum Gasteiger partial charge on any atom is -0.493 e. The van der Waals surface area contributed by atoms with Crippen LogP contribution in [0.4, 0.5) is 0 Å². The van der Waals surface area contributed by atoms with E-state index in [0.29, 0.717) is 6.04 Å². The fraction of sp³-hybridized carbons (Fsp3) is 0.333. The lowest BCUT2D eigenvalue weighted by Gasteiger charge is -2.27. The number of nitrogens with one attached hydrogen (secondary N) is 1. The van der Waals surface area contributed by atoms with Crippen molar-refractivity contribution in [2.24, 2.45) is 0 Å². The predicted octanol–water partition coefficient (Wildman–Crippen LogP) is 3.13. The Labute approximate surface area is 125 Å². The van der Waals surface area contributed by atoms with E-state index in [1.54, 1.807) is 14.2 Å². The number of methoxy groups -OCH3 is 2. The average Bonchev–Trinajstić information content (AvgIpc) is 2.55. The first-order chi connectivity index (χ1) is 10.3. The highest BCUT2D eigenvalue weighted by Gasteiger charge is 2.19. The fourth-order valence-electron chi connectivity index (χ4n) is 3.02. The summed E-state index contributed by atoms with van der Waals surface area (Å²) in [4.78, 5) is 0. The van der Waals surface area contributed by atoms with Gasteiger partial charge in [0, 0.05) is 6.04 Å². The summed E-state index contributed by atoms with van der Waals surface area (Å²) in [6.45, 7) is 1.04. The maximum atomic E-state index is 5.39. The van der Waals surface area contributed by atoms with Crippen molar-refractivity contribution in [2.45, 2.75) is 18.9 Å². The Kier molecular flexibility index (Phi) is 4.11. The van der Waals surface area contributed by atoms with Crippen molar-refractivity contribution in [1.82, 2.24) is 5.32 Å². The van der Waals surface area contributed by atoms with Crippen LogP contribution in [0.3, 0.4) is 0 Å². The van der Waals surface area contributed by atoms with E-state index < -0.39 is 0 Å². The molecular formula is C18H21NO2. The molecular weight excluding hydrogens is 262 g/mol. The molecule has 0 radical (unpaired) electrons. The van der Waals surface area contributed by atoms with E-state index in [1.807, 2.05) is 6.07 Å². The molecule has 2 aromatic rings. The summed E-state index contributed by atoms with van der Waals surface area (Å²) in [5.74, 6) is 1.57. The monoisotopic (exact) mass is 283 g/mol. The van der Waals surface area contributed by atoms with Crippen LogP contribution in [0.2, 0.25) is 0 Å². The summed E-state index contributed by atoms with van der Waals surface area (Å²) in [6, 6.07) is 15.2. The Morgan fingerprint density at radius 3 is 2.67 bits per heavy atom. The first-order valence-corrected chi connectivity index (χ1v) is 7.34. The van der Waals surface area contributed by atoms with Crippen LogP contribution in [-0.4, -0.2) is 20.8 Å². The van der Waals surface area contributed by atoms with E-state index in [4.69, 9.17) is 9.47 Å². The molecule has 0 saturated heterocycles. The smallest absolute Gasteiger partial charge is 0.160 e. The van der Waals surface area contributed by atoms with Crippen LogP contribution < -0.4 is 14.8 Å². The van der Waals surface area contributed by atoms with Crippen LogP contribution in [0, 0.1) is 0 Å². The van der Waals surface area contributed by atoms with Gasteiger partial charge in [0.2, 0.25) is 0 Å². The highest BCUT2D eigenvalue weighted by molar-refractivity contribution is 5.44. The van der Waals surface area contributed by atoms with Crippen LogP contribution in [-0.2, 0) is 12.8 Å². The van der Waals surface area contributed by atoms with Crippen molar-refractivity contribution in [3.8, 4) is 11.5 Å². The van der Waals surface area contributed by atoms with Crippen LogP contribution in [0.5, 0.6) is 11.5 Å². The molecule has 3 rings (SSSR count). The molecule has 110 valence electrons. The third-order valence-electron chi connectivity index (χ3n) is 4.10. The molecule has 1 aliphatic rings.